The van der Waals surface area contributed by atoms with Crippen molar-refractivity contribution in [2.45, 2.75) is 66.0 Å². The van der Waals surface area contributed by atoms with E-state index in [9.17, 15) is 0 Å². The molecule has 0 saturated heterocycles. The van der Waals surface area contributed by atoms with Gasteiger partial charge in [0.1, 0.15) is 0 Å². The number of hydrogen-bond acceptors (Lipinski definition) is 2. The van der Waals surface area contributed by atoms with E-state index in [0.29, 0.717) is 23.0 Å². The van der Waals surface area contributed by atoms with Crippen LogP contribution in [0, 0.1) is 10.8 Å². The van der Waals surface area contributed by atoms with Crippen molar-refractivity contribution in [3.63, 3.8) is 0 Å². The van der Waals surface area contributed by atoms with Crippen LogP contribution in [0.15, 0.2) is 0 Å². The minimum Gasteiger partial charge on any atom is -0.378 e. The molecule has 3 atom stereocenters. The van der Waals surface area contributed by atoms with E-state index in [-0.39, 0.29) is 0 Å². The average molecular weight is 227 g/mol. The summed E-state index contributed by atoms with van der Waals surface area (Å²) in [6.07, 6.45) is 3.97. The van der Waals surface area contributed by atoms with Crippen molar-refractivity contribution in [1.82, 2.24) is 5.32 Å². The van der Waals surface area contributed by atoms with E-state index in [4.69, 9.17) is 4.74 Å². The minimum absolute atomic E-state index is 0.340. The van der Waals surface area contributed by atoms with Gasteiger partial charge >= 0.3 is 0 Å². The molecule has 1 aliphatic carbocycles. The molecule has 3 unspecified atom stereocenters. The number of nitrogens with one attached hydrogen (secondary N) is 1. The fraction of sp³-hybridized carbons (Fsp3) is 1.00. The quantitative estimate of drug-likeness (QED) is 0.778. The maximum atomic E-state index is 6.05. The molecule has 2 heteroatoms. The summed E-state index contributed by atoms with van der Waals surface area (Å²) in [6, 6.07) is 0.636. The molecule has 96 valence electrons. The Balaban J connectivity index is 2.34. The van der Waals surface area contributed by atoms with Crippen LogP contribution in [-0.2, 0) is 4.74 Å². The molecule has 1 N–H and O–H groups in total. The van der Waals surface area contributed by atoms with Crippen LogP contribution in [-0.4, -0.2) is 25.8 Å². The molecule has 16 heavy (non-hydrogen) atoms. The van der Waals surface area contributed by atoms with Gasteiger partial charge in [0, 0.05) is 18.1 Å². The third-order valence-electron chi connectivity index (χ3n) is 4.26. The SMILES string of the molecule is CCC1(C)C(NC)CC1OCCC(C)(C)C. The summed E-state index contributed by atoms with van der Waals surface area (Å²) in [5.74, 6) is 0. The lowest BCUT2D eigenvalue weighted by Crippen LogP contribution is -2.61. The Bertz CT molecular complexity index is 221. The van der Waals surface area contributed by atoms with Gasteiger partial charge in [-0.25, -0.2) is 0 Å². The first kappa shape index (κ1) is 14.0. The molecule has 0 bridgehead atoms. The van der Waals surface area contributed by atoms with E-state index in [1.165, 1.54) is 12.8 Å². The Morgan fingerprint density at radius 1 is 1.38 bits per heavy atom. The summed E-state index contributed by atoms with van der Waals surface area (Å²) in [5.41, 5.74) is 0.724. The van der Waals surface area contributed by atoms with E-state index in [1.807, 2.05) is 0 Å². The molecule has 1 fully saturated rings. The second-order valence-electron chi connectivity index (χ2n) is 6.61. The predicted octanol–water partition coefficient (Wildman–Crippen LogP) is 3.22. The average Bonchev–Trinajstić information content (AvgIpc) is 2.19. The van der Waals surface area contributed by atoms with Gasteiger partial charge in [0.15, 0.2) is 0 Å². The van der Waals surface area contributed by atoms with Crippen molar-refractivity contribution < 1.29 is 4.74 Å². The molecule has 0 spiro atoms. The Hall–Kier alpha value is -0.0800. The monoisotopic (exact) mass is 227 g/mol. The molecule has 2 nitrogen and oxygen atoms in total. The van der Waals surface area contributed by atoms with E-state index in [0.717, 1.165) is 13.0 Å². The standard InChI is InChI=1S/C14H29NO/c1-7-14(5)11(15-6)10-12(14)16-9-8-13(2,3)4/h11-12,15H,7-10H2,1-6H3. The molecule has 0 heterocycles. The van der Waals surface area contributed by atoms with Crippen molar-refractivity contribution in [3.05, 3.63) is 0 Å². The first-order valence-corrected chi connectivity index (χ1v) is 6.62. The first-order valence-electron chi connectivity index (χ1n) is 6.62. The van der Waals surface area contributed by atoms with Crippen LogP contribution in [0.1, 0.15) is 53.9 Å². The topological polar surface area (TPSA) is 21.3 Å². The summed E-state index contributed by atoms with van der Waals surface area (Å²) in [4.78, 5) is 0. The smallest absolute Gasteiger partial charge is 0.0658 e. The van der Waals surface area contributed by atoms with Gasteiger partial charge in [-0.2, -0.15) is 0 Å². The molecule has 0 amide bonds. The minimum atomic E-state index is 0.340. The van der Waals surface area contributed by atoms with Crippen LogP contribution < -0.4 is 5.32 Å². The second kappa shape index (κ2) is 5.05. The molecular weight excluding hydrogens is 198 g/mol. The highest BCUT2D eigenvalue weighted by atomic mass is 16.5. The van der Waals surface area contributed by atoms with Crippen molar-refractivity contribution in [2.24, 2.45) is 10.8 Å². The molecule has 1 rings (SSSR count). The zero-order valence-corrected chi connectivity index (χ0v) is 11.9. The van der Waals surface area contributed by atoms with Crippen molar-refractivity contribution in [3.8, 4) is 0 Å². The van der Waals surface area contributed by atoms with Gasteiger partial charge in [-0.05, 0) is 31.7 Å². The summed E-state index contributed by atoms with van der Waals surface area (Å²) >= 11 is 0. The van der Waals surface area contributed by atoms with Crippen LogP contribution in [0.4, 0.5) is 0 Å². The molecule has 0 aliphatic heterocycles. The van der Waals surface area contributed by atoms with Gasteiger partial charge in [0.2, 0.25) is 0 Å². The lowest BCUT2D eigenvalue weighted by atomic mass is 9.61. The summed E-state index contributed by atoms with van der Waals surface area (Å²) < 4.78 is 6.05. The molecule has 1 saturated carbocycles. The predicted molar refractivity (Wildman–Crippen MR) is 69.7 cm³/mol. The summed E-state index contributed by atoms with van der Waals surface area (Å²) in [6.45, 7) is 12.3. The maximum absolute atomic E-state index is 6.05. The van der Waals surface area contributed by atoms with Crippen LogP contribution in [0.3, 0.4) is 0 Å². The highest BCUT2D eigenvalue weighted by molar-refractivity contribution is 5.04. The van der Waals surface area contributed by atoms with Crippen molar-refractivity contribution in [1.29, 1.82) is 0 Å². The third-order valence-corrected chi connectivity index (χ3v) is 4.26. The Morgan fingerprint density at radius 2 is 2.00 bits per heavy atom. The van der Waals surface area contributed by atoms with Crippen molar-refractivity contribution in [2.75, 3.05) is 13.7 Å². The van der Waals surface area contributed by atoms with Crippen LogP contribution in [0.25, 0.3) is 0 Å². The number of ether oxygens (including phenoxy) is 1. The van der Waals surface area contributed by atoms with Gasteiger partial charge < -0.3 is 10.1 Å². The van der Waals surface area contributed by atoms with Crippen LogP contribution in [0.5, 0.6) is 0 Å². The van der Waals surface area contributed by atoms with Gasteiger partial charge in [0.05, 0.1) is 6.10 Å². The normalized spacial score (nSPS) is 34.9. The summed E-state index contributed by atoms with van der Waals surface area (Å²) in [7, 11) is 2.06. The van der Waals surface area contributed by atoms with Gasteiger partial charge in [-0.15, -0.1) is 0 Å². The van der Waals surface area contributed by atoms with Gasteiger partial charge in [0.25, 0.3) is 0 Å². The number of hydrogen-bond donors (Lipinski definition) is 1. The molecular formula is C14H29NO. The van der Waals surface area contributed by atoms with E-state index in [2.05, 4.69) is 47.0 Å². The fourth-order valence-corrected chi connectivity index (χ4v) is 2.50. The number of rotatable bonds is 5. The summed E-state index contributed by atoms with van der Waals surface area (Å²) in [5, 5.41) is 3.40. The van der Waals surface area contributed by atoms with Gasteiger partial charge in [-0.1, -0.05) is 34.6 Å². The largest absolute Gasteiger partial charge is 0.378 e. The second-order valence-corrected chi connectivity index (χ2v) is 6.61. The van der Waals surface area contributed by atoms with Crippen molar-refractivity contribution >= 4 is 0 Å². The van der Waals surface area contributed by atoms with Gasteiger partial charge in [-0.3, -0.25) is 0 Å². The lowest BCUT2D eigenvalue weighted by Gasteiger charge is -2.53. The Morgan fingerprint density at radius 3 is 2.44 bits per heavy atom. The fourth-order valence-electron chi connectivity index (χ4n) is 2.50. The molecule has 0 aromatic carbocycles. The molecule has 1 aliphatic rings. The van der Waals surface area contributed by atoms with E-state index < -0.39 is 0 Å². The maximum Gasteiger partial charge on any atom is 0.0658 e. The zero-order chi connectivity index (χ0) is 12.4. The third kappa shape index (κ3) is 2.98. The molecule has 0 aromatic heterocycles. The highest BCUT2D eigenvalue weighted by Gasteiger charge is 2.50. The van der Waals surface area contributed by atoms with Crippen LogP contribution >= 0.6 is 0 Å². The van der Waals surface area contributed by atoms with Crippen LogP contribution in [0.2, 0.25) is 0 Å². The molecule has 0 radical (unpaired) electrons. The Kier molecular flexibility index (Phi) is 4.42. The zero-order valence-electron chi connectivity index (χ0n) is 11.9. The first-order chi connectivity index (χ1) is 7.33. The highest BCUT2D eigenvalue weighted by Crippen LogP contribution is 2.45. The van der Waals surface area contributed by atoms with E-state index in [1.54, 1.807) is 0 Å². The Labute approximate surface area is 101 Å². The lowest BCUT2D eigenvalue weighted by molar-refractivity contribution is -0.130. The van der Waals surface area contributed by atoms with E-state index >= 15 is 0 Å². The molecule has 0 aromatic rings.